The molecule has 0 aliphatic carbocycles. The number of morpholine rings is 1. The van der Waals surface area contributed by atoms with E-state index in [-0.39, 0.29) is 27.1 Å². The van der Waals surface area contributed by atoms with Crippen molar-refractivity contribution in [2.45, 2.75) is 0 Å². The Kier molecular flexibility index (Phi) is 7.32. The number of nitrogens with one attached hydrogen (secondary N) is 2. The van der Waals surface area contributed by atoms with Crippen LogP contribution >= 0.6 is 35.4 Å². The average Bonchev–Trinajstić information content (AvgIpc) is 2.58. The Balaban J connectivity index is 1.78. The first kappa shape index (κ1) is 19.0. The lowest BCUT2D eigenvalue weighted by Crippen LogP contribution is -2.42. The van der Waals surface area contributed by atoms with Gasteiger partial charge in [-0.2, -0.15) is 5.10 Å². The molecule has 1 aromatic rings. The molecule has 0 unspecified atom stereocenters. The summed E-state index contributed by atoms with van der Waals surface area (Å²) in [6.45, 7) is 4.90. The maximum absolute atomic E-state index is 9.82. The van der Waals surface area contributed by atoms with E-state index in [1.165, 1.54) is 12.3 Å². The molecule has 0 aromatic heterocycles. The van der Waals surface area contributed by atoms with E-state index in [2.05, 4.69) is 20.7 Å². The average molecular weight is 393 g/mol. The van der Waals surface area contributed by atoms with E-state index in [0.29, 0.717) is 11.7 Å². The van der Waals surface area contributed by atoms with Crippen LogP contribution in [0.25, 0.3) is 0 Å². The van der Waals surface area contributed by atoms with Gasteiger partial charge in [-0.05, 0) is 18.3 Å². The zero-order valence-corrected chi connectivity index (χ0v) is 15.1. The molecular formula is C14H18Cl2N4O3S. The molecule has 1 saturated heterocycles. The van der Waals surface area contributed by atoms with E-state index in [9.17, 15) is 10.2 Å². The number of phenols is 2. The Bertz CT molecular complexity index is 625. The second kappa shape index (κ2) is 9.24. The summed E-state index contributed by atoms with van der Waals surface area (Å²) in [5, 5.41) is 26.4. The van der Waals surface area contributed by atoms with E-state index in [0.717, 1.165) is 32.8 Å². The van der Waals surface area contributed by atoms with Crippen LogP contribution in [0.4, 0.5) is 0 Å². The first-order valence-corrected chi connectivity index (χ1v) is 8.42. The summed E-state index contributed by atoms with van der Waals surface area (Å²) >= 11 is 16.7. The number of hydrogen-bond donors (Lipinski definition) is 4. The number of ether oxygens (including phenoxy) is 1. The van der Waals surface area contributed by atoms with Crippen molar-refractivity contribution in [1.82, 2.24) is 15.6 Å². The highest BCUT2D eigenvalue weighted by Crippen LogP contribution is 2.40. The molecule has 0 atom stereocenters. The second-order valence-electron chi connectivity index (χ2n) is 5.04. The topological polar surface area (TPSA) is 89.4 Å². The summed E-state index contributed by atoms with van der Waals surface area (Å²) in [6, 6.07) is 1.35. The molecule has 132 valence electrons. The summed E-state index contributed by atoms with van der Waals surface area (Å²) in [4.78, 5) is 2.28. The Morgan fingerprint density at radius 2 is 2.04 bits per heavy atom. The molecule has 1 heterocycles. The summed E-state index contributed by atoms with van der Waals surface area (Å²) in [7, 11) is 0. The van der Waals surface area contributed by atoms with E-state index in [4.69, 9.17) is 40.2 Å². The van der Waals surface area contributed by atoms with Gasteiger partial charge >= 0.3 is 0 Å². The Labute approximate surface area is 155 Å². The molecule has 10 heteroatoms. The third-order valence-corrected chi connectivity index (χ3v) is 4.27. The van der Waals surface area contributed by atoms with Crippen LogP contribution in [-0.2, 0) is 4.74 Å². The van der Waals surface area contributed by atoms with Crippen LogP contribution in [0.5, 0.6) is 11.5 Å². The molecule has 0 bridgehead atoms. The van der Waals surface area contributed by atoms with Crippen LogP contribution in [0.1, 0.15) is 5.56 Å². The van der Waals surface area contributed by atoms with Gasteiger partial charge < -0.3 is 20.3 Å². The fourth-order valence-electron chi connectivity index (χ4n) is 2.07. The predicted octanol–water partition coefficient (Wildman–Crippen LogP) is 1.53. The van der Waals surface area contributed by atoms with Crippen molar-refractivity contribution in [2.75, 3.05) is 39.4 Å². The minimum Gasteiger partial charge on any atom is -0.506 e. The Morgan fingerprint density at radius 3 is 2.75 bits per heavy atom. The minimum atomic E-state index is -0.374. The van der Waals surface area contributed by atoms with Crippen LogP contribution in [0.3, 0.4) is 0 Å². The highest BCUT2D eigenvalue weighted by molar-refractivity contribution is 7.80. The molecular weight excluding hydrogens is 375 g/mol. The van der Waals surface area contributed by atoms with Crippen LogP contribution in [0.15, 0.2) is 11.2 Å². The van der Waals surface area contributed by atoms with E-state index in [1.807, 2.05) is 0 Å². The number of hydrazone groups is 1. The Hall–Kier alpha value is -1.32. The molecule has 7 nitrogen and oxygen atoms in total. The smallest absolute Gasteiger partial charge is 0.187 e. The fraction of sp³-hybridized carbons (Fsp3) is 0.429. The number of nitrogens with zero attached hydrogens (tertiary/aromatic N) is 2. The van der Waals surface area contributed by atoms with Gasteiger partial charge in [-0.15, -0.1) is 0 Å². The molecule has 1 aromatic carbocycles. The normalized spacial score (nSPS) is 15.6. The van der Waals surface area contributed by atoms with Gasteiger partial charge in [0.05, 0.1) is 24.5 Å². The van der Waals surface area contributed by atoms with Gasteiger partial charge in [0.1, 0.15) is 10.8 Å². The SMILES string of the molecule is Oc1c(Cl)cc(/C=N/NC(=S)NCCN2CCOCC2)c(O)c1Cl. The molecule has 4 N–H and O–H groups in total. The van der Waals surface area contributed by atoms with Gasteiger partial charge in [0.25, 0.3) is 0 Å². The van der Waals surface area contributed by atoms with Crippen LogP contribution in [0, 0.1) is 0 Å². The van der Waals surface area contributed by atoms with Gasteiger partial charge in [-0.1, -0.05) is 23.2 Å². The van der Waals surface area contributed by atoms with Crippen LogP contribution in [0.2, 0.25) is 10.0 Å². The number of phenolic OH excluding ortho intramolecular Hbond substituents is 2. The molecule has 2 rings (SSSR count). The molecule has 0 saturated carbocycles. The standard InChI is InChI=1S/C14H18Cl2N4O3S/c15-10-7-9(12(21)11(16)13(10)22)8-18-19-14(24)17-1-2-20-3-5-23-6-4-20/h7-8,21-22H,1-6H2,(H2,17,19,24)/b18-8+. The van der Waals surface area contributed by atoms with Gasteiger partial charge in [0.2, 0.25) is 0 Å². The summed E-state index contributed by atoms with van der Waals surface area (Å²) in [6.07, 6.45) is 1.31. The maximum atomic E-state index is 9.82. The van der Waals surface area contributed by atoms with Crippen molar-refractivity contribution in [1.29, 1.82) is 0 Å². The quantitative estimate of drug-likeness (QED) is 0.343. The predicted molar refractivity (Wildman–Crippen MR) is 98.4 cm³/mol. The molecule has 1 aliphatic heterocycles. The lowest BCUT2D eigenvalue weighted by Gasteiger charge is -2.26. The molecule has 1 aliphatic rings. The lowest BCUT2D eigenvalue weighted by atomic mass is 10.2. The van der Waals surface area contributed by atoms with Crippen molar-refractivity contribution >= 4 is 46.7 Å². The zero-order chi connectivity index (χ0) is 17.5. The largest absolute Gasteiger partial charge is 0.506 e. The third-order valence-electron chi connectivity index (χ3n) is 3.38. The molecule has 1 fully saturated rings. The van der Waals surface area contributed by atoms with Gasteiger partial charge in [0, 0.05) is 31.7 Å². The highest BCUT2D eigenvalue weighted by Gasteiger charge is 2.13. The Morgan fingerprint density at radius 1 is 1.33 bits per heavy atom. The first-order chi connectivity index (χ1) is 11.5. The van der Waals surface area contributed by atoms with Crippen LogP contribution < -0.4 is 10.7 Å². The maximum Gasteiger partial charge on any atom is 0.187 e. The van der Waals surface area contributed by atoms with Crippen molar-refractivity contribution in [3.05, 3.63) is 21.7 Å². The van der Waals surface area contributed by atoms with Crippen molar-refractivity contribution < 1.29 is 14.9 Å². The molecule has 0 spiro atoms. The molecule has 0 radical (unpaired) electrons. The molecule has 24 heavy (non-hydrogen) atoms. The van der Waals surface area contributed by atoms with Gasteiger partial charge in [-0.3, -0.25) is 10.3 Å². The second-order valence-corrected chi connectivity index (χ2v) is 6.23. The van der Waals surface area contributed by atoms with Crippen molar-refractivity contribution in [2.24, 2.45) is 5.10 Å². The number of hydrogen-bond acceptors (Lipinski definition) is 6. The number of benzene rings is 1. The van der Waals surface area contributed by atoms with Gasteiger partial charge in [-0.25, -0.2) is 0 Å². The number of thiocarbonyl (C=S) groups is 1. The first-order valence-electron chi connectivity index (χ1n) is 7.26. The fourth-order valence-corrected chi connectivity index (χ4v) is 2.69. The summed E-state index contributed by atoms with van der Waals surface area (Å²) in [5.74, 6) is -0.684. The summed E-state index contributed by atoms with van der Waals surface area (Å²) in [5.41, 5.74) is 2.89. The van der Waals surface area contributed by atoms with E-state index >= 15 is 0 Å². The van der Waals surface area contributed by atoms with Crippen molar-refractivity contribution in [3.63, 3.8) is 0 Å². The van der Waals surface area contributed by atoms with E-state index < -0.39 is 0 Å². The van der Waals surface area contributed by atoms with Crippen molar-refractivity contribution in [3.8, 4) is 11.5 Å². The van der Waals surface area contributed by atoms with E-state index in [1.54, 1.807) is 0 Å². The van der Waals surface area contributed by atoms with Gasteiger partial charge in [0.15, 0.2) is 10.9 Å². The lowest BCUT2D eigenvalue weighted by molar-refractivity contribution is 0.0389. The highest BCUT2D eigenvalue weighted by atomic mass is 35.5. The molecule has 0 amide bonds. The minimum absolute atomic E-state index is 0.0189. The zero-order valence-electron chi connectivity index (χ0n) is 12.8. The summed E-state index contributed by atoms with van der Waals surface area (Å²) < 4.78 is 5.28. The third kappa shape index (κ3) is 5.35. The number of rotatable bonds is 5. The number of halogens is 2. The monoisotopic (exact) mass is 392 g/mol. The number of aromatic hydroxyl groups is 2. The van der Waals surface area contributed by atoms with Crippen LogP contribution in [-0.4, -0.2) is 65.8 Å².